The predicted octanol–water partition coefficient (Wildman–Crippen LogP) is 13.6. The highest BCUT2D eigenvalue weighted by Crippen LogP contribution is 2.34. The van der Waals surface area contributed by atoms with Gasteiger partial charge in [0.15, 0.2) is 29.1 Å². The van der Waals surface area contributed by atoms with Gasteiger partial charge in [-0.1, -0.05) is 200 Å². The second kappa shape index (κ2) is 16.9. The molecule has 0 atom stereocenters. The lowest BCUT2D eigenvalue weighted by Crippen LogP contribution is -2.03. The van der Waals surface area contributed by atoms with E-state index in [9.17, 15) is 0 Å². The number of aromatic nitrogens is 7. The van der Waals surface area contributed by atoms with Crippen LogP contribution >= 0.6 is 0 Å². The van der Waals surface area contributed by atoms with Crippen LogP contribution in [-0.4, -0.2) is 34.9 Å². The van der Waals surface area contributed by atoms with Crippen molar-refractivity contribution in [2.45, 2.75) is 0 Å². The Morgan fingerprint density at radius 2 is 0.609 bits per heavy atom. The zero-order valence-corrected chi connectivity index (χ0v) is 34.5. The van der Waals surface area contributed by atoms with Crippen molar-refractivity contribution in [3.63, 3.8) is 0 Å². The summed E-state index contributed by atoms with van der Waals surface area (Å²) >= 11 is 0. The van der Waals surface area contributed by atoms with Crippen molar-refractivity contribution >= 4 is 10.9 Å². The van der Waals surface area contributed by atoms with Crippen molar-refractivity contribution < 1.29 is 0 Å². The van der Waals surface area contributed by atoms with Crippen molar-refractivity contribution in [3.8, 4) is 102 Å². The molecular weight excluding hydrogens is 783 g/mol. The van der Waals surface area contributed by atoms with Gasteiger partial charge in [-0.05, 0) is 46.5 Å². The lowest BCUT2D eigenvalue weighted by atomic mass is 10.0. The van der Waals surface area contributed by atoms with Gasteiger partial charge in [0, 0.05) is 38.8 Å². The molecule has 0 radical (unpaired) electrons. The fourth-order valence-electron chi connectivity index (χ4n) is 7.92. The van der Waals surface area contributed by atoms with E-state index in [2.05, 4.69) is 97.1 Å². The minimum atomic E-state index is 0.436. The fraction of sp³-hybridized carbons (Fsp3) is 0. The van der Waals surface area contributed by atoms with Gasteiger partial charge in [-0.2, -0.15) is 0 Å². The average Bonchev–Trinajstić information content (AvgIpc) is 3.39. The van der Waals surface area contributed by atoms with Gasteiger partial charge >= 0.3 is 0 Å². The lowest BCUT2D eigenvalue weighted by molar-refractivity contribution is 1.05. The monoisotopic (exact) mass is 819 g/mol. The number of nitrogens with zero attached hydrogens (tertiary/aromatic N) is 7. The maximum Gasteiger partial charge on any atom is 0.182 e. The van der Waals surface area contributed by atoms with Crippen LogP contribution < -0.4 is 0 Å². The summed E-state index contributed by atoms with van der Waals surface area (Å²) in [5, 5.41) is 0.975. The summed E-state index contributed by atoms with van der Waals surface area (Å²) in [6, 6.07) is 75.9. The van der Waals surface area contributed by atoms with Gasteiger partial charge in [0.1, 0.15) is 5.69 Å². The number of para-hydroxylation sites is 1. The molecule has 7 heteroatoms. The molecule has 0 unspecified atom stereocenters. The summed E-state index contributed by atoms with van der Waals surface area (Å²) in [4.78, 5) is 35.8. The summed E-state index contributed by atoms with van der Waals surface area (Å²) < 4.78 is 0. The van der Waals surface area contributed by atoms with Gasteiger partial charge in [0.25, 0.3) is 0 Å². The van der Waals surface area contributed by atoms with E-state index in [1.165, 1.54) is 0 Å². The largest absolute Gasteiger partial charge is 0.228 e. The molecule has 0 fully saturated rings. The Morgan fingerprint density at radius 1 is 0.203 bits per heavy atom. The minimum Gasteiger partial charge on any atom is -0.228 e. The topological polar surface area (TPSA) is 90.2 Å². The normalized spacial score (nSPS) is 11.1. The van der Waals surface area contributed by atoms with E-state index in [1.807, 2.05) is 127 Å². The number of rotatable bonds is 9. The molecule has 0 amide bonds. The van der Waals surface area contributed by atoms with Crippen LogP contribution in [0.25, 0.3) is 113 Å². The molecule has 0 aliphatic heterocycles. The molecule has 0 aliphatic carbocycles. The van der Waals surface area contributed by atoms with Crippen LogP contribution in [0.4, 0.5) is 0 Å². The van der Waals surface area contributed by atoms with Gasteiger partial charge in [-0.25, -0.2) is 34.9 Å². The van der Waals surface area contributed by atoms with Crippen LogP contribution in [0.2, 0.25) is 0 Å². The van der Waals surface area contributed by atoms with E-state index in [-0.39, 0.29) is 0 Å². The summed E-state index contributed by atoms with van der Waals surface area (Å²) in [5.41, 5.74) is 12.9. The average molecular weight is 820 g/mol. The summed E-state index contributed by atoms with van der Waals surface area (Å²) in [5.74, 6) is 2.74. The molecule has 7 nitrogen and oxygen atoms in total. The summed E-state index contributed by atoms with van der Waals surface area (Å²) in [6.45, 7) is 0. The van der Waals surface area contributed by atoms with E-state index in [4.69, 9.17) is 34.9 Å². The third-order valence-corrected chi connectivity index (χ3v) is 11.2. The first-order valence-corrected chi connectivity index (χ1v) is 21.1. The van der Waals surface area contributed by atoms with Crippen molar-refractivity contribution in [3.05, 3.63) is 224 Å². The summed E-state index contributed by atoms with van der Waals surface area (Å²) in [6.07, 6.45) is 0. The Balaban J connectivity index is 1.06. The minimum absolute atomic E-state index is 0.436. The molecule has 0 aliphatic rings. The third kappa shape index (κ3) is 7.81. The maximum absolute atomic E-state index is 5.22. The van der Waals surface area contributed by atoms with Crippen LogP contribution in [0.15, 0.2) is 224 Å². The van der Waals surface area contributed by atoms with E-state index >= 15 is 0 Å². The Labute approximate surface area is 370 Å². The van der Waals surface area contributed by atoms with Crippen molar-refractivity contribution in [2.75, 3.05) is 0 Å². The standard InChI is InChI=1S/C57H37N7/c1-5-17-38(18-6-1)44-25-15-27-46(35-44)50-37-51(60-56(59-50)47-28-16-26-45(36-47)39-19-7-2-8-20-39)57-63-54(42-23-11-4-12-24-42)62-55(64-57)43-33-31-40(32-34-43)52-48-29-13-14-30-49(48)58-53(61-52)41-21-9-3-10-22-41/h1-37H. The molecule has 8 aromatic carbocycles. The highest BCUT2D eigenvalue weighted by molar-refractivity contribution is 5.94. The highest BCUT2D eigenvalue weighted by atomic mass is 15.1. The Morgan fingerprint density at radius 3 is 1.22 bits per heavy atom. The molecule has 11 aromatic rings. The van der Waals surface area contributed by atoms with Crippen LogP contribution in [-0.2, 0) is 0 Å². The van der Waals surface area contributed by atoms with Crippen LogP contribution in [0.1, 0.15) is 0 Å². The molecule has 300 valence electrons. The van der Waals surface area contributed by atoms with Crippen LogP contribution in [0, 0.1) is 0 Å². The predicted molar refractivity (Wildman–Crippen MR) is 257 cm³/mol. The zero-order chi connectivity index (χ0) is 42.7. The first-order valence-electron chi connectivity index (χ1n) is 21.1. The Hall–Kier alpha value is -8.81. The van der Waals surface area contributed by atoms with Crippen molar-refractivity contribution in [2.24, 2.45) is 0 Å². The van der Waals surface area contributed by atoms with Crippen molar-refractivity contribution in [1.82, 2.24) is 34.9 Å². The van der Waals surface area contributed by atoms with E-state index in [1.54, 1.807) is 0 Å². The van der Waals surface area contributed by atoms with Gasteiger partial charge in [-0.15, -0.1) is 0 Å². The Bertz CT molecular complexity index is 3310. The zero-order valence-electron chi connectivity index (χ0n) is 34.5. The van der Waals surface area contributed by atoms with Gasteiger partial charge < -0.3 is 0 Å². The summed E-state index contributed by atoms with van der Waals surface area (Å²) in [7, 11) is 0. The second-order valence-corrected chi connectivity index (χ2v) is 15.4. The van der Waals surface area contributed by atoms with E-state index in [0.717, 1.165) is 77.9 Å². The van der Waals surface area contributed by atoms with Gasteiger partial charge in [0.2, 0.25) is 0 Å². The van der Waals surface area contributed by atoms with Crippen LogP contribution in [0.5, 0.6) is 0 Å². The van der Waals surface area contributed by atoms with E-state index in [0.29, 0.717) is 34.8 Å². The molecule has 0 spiro atoms. The van der Waals surface area contributed by atoms with Crippen LogP contribution in [0.3, 0.4) is 0 Å². The molecule has 0 saturated heterocycles. The number of fused-ring (bicyclic) bond motifs is 1. The number of hydrogen-bond acceptors (Lipinski definition) is 7. The highest BCUT2D eigenvalue weighted by Gasteiger charge is 2.19. The fourth-order valence-corrected chi connectivity index (χ4v) is 7.92. The molecule has 0 saturated carbocycles. The molecule has 11 rings (SSSR count). The van der Waals surface area contributed by atoms with Crippen molar-refractivity contribution in [1.29, 1.82) is 0 Å². The maximum atomic E-state index is 5.22. The SMILES string of the molecule is c1ccc(-c2cccc(-c3cc(-c4nc(-c5ccccc5)nc(-c5ccc(-c6nc(-c7ccccc7)nc7ccccc67)cc5)n4)nc(-c4cccc(-c5ccccc5)c4)n3)c2)cc1. The quantitative estimate of drug-likeness (QED) is 0.143. The second-order valence-electron chi connectivity index (χ2n) is 15.4. The first kappa shape index (κ1) is 38.1. The molecule has 0 N–H and O–H groups in total. The molecule has 0 bridgehead atoms. The van der Waals surface area contributed by atoms with E-state index < -0.39 is 0 Å². The first-order chi connectivity index (χ1) is 31.7. The van der Waals surface area contributed by atoms with Gasteiger partial charge in [0.05, 0.1) is 16.9 Å². The molecule has 3 heterocycles. The molecule has 3 aromatic heterocycles. The van der Waals surface area contributed by atoms with Gasteiger partial charge in [-0.3, -0.25) is 0 Å². The molecular formula is C57H37N7. The third-order valence-electron chi connectivity index (χ3n) is 11.2. The lowest BCUT2D eigenvalue weighted by Gasteiger charge is -2.13. The Kier molecular flexibility index (Phi) is 10.1. The number of benzene rings is 8. The smallest absolute Gasteiger partial charge is 0.182 e. The number of hydrogen-bond donors (Lipinski definition) is 0. The molecule has 64 heavy (non-hydrogen) atoms.